The van der Waals surface area contributed by atoms with Crippen molar-refractivity contribution in [3.05, 3.63) is 188 Å². The van der Waals surface area contributed by atoms with Gasteiger partial charge in [0.1, 0.15) is 11.2 Å². The molecule has 4 heterocycles. The van der Waals surface area contributed by atoms with Gasteiger partial charge in [0.25, 0.3) is 0 Å². The molecule has 0 unspecified atom stereocenters. The van der Waals surface area contributed by atoms with Crippen LogP contribution in [0.4, 0.5) is 0 Å². The van der Waals surface area contributed by atoms with Crippen LogP contribution in [0, 0.1) is 0 Å². The van der Waals surface area contributed by atoms with Gasteiger partial charge in [0.15, 0.2) is 11.6 Å². The van der Waals surface area contributed by atoms with E-state index in [0.29, 0.717) is 17.6 Å². The van der Waals surface area contributed by atoms with E-state index in [0.717, 1.165) is 71.7 Å². The van der Waals surface area contributed by atoms with Gasteiger partial charge in [-0.1, -0.05) is 140 Å². The Kier molecular flexibility index (Phi) is 6.83. The molecule has 0 aliphatic rings. The third-order valence-corrected chi connectivity index (χ3v) is 11.2. The molecule has 8 aromatic carbocycles. The number of benzene rings is 8. The Hall–Kier alpha value is -7.83. The van der Waals surface area contributed by atoms with Gasteiger partial charge < -0.3 is 8.98 Å². The summed E-state index contributed by atoms with van der Waals surface area (Å²) in [4.78, 5) is 15.6. The summed E-state index contributed by atoms with van der Waals surface area (Å²) in [6.07, 6.45) is 0. The molecule has 266 valence electrons. The van der Waals surface area contributed by atoms with E-state index in [2.05, 4.69) is 185 Å². The standard InChI is InChI=1S/C51H31N5O/c1-2-13-32(14-3-1)33-25-27-34(28-26-33)49-52-50(54-51(53-49)56-45-23-10-6-17-38(45)39-18-7-11-24-46(39)56)41-20-12-19-40-42-31-35(29-30-47(42)57-48(40)41)55-43-21-8-4-15-36(43)37-16-5-9-22-44(37)55/h1-31H. The molecule has 0 spiro atoms. The number of hydrogen-bond acceptors (Lipinski definition) is 4. The smallest absolute Gasteiger partial charge is 0.238 e. The summed E-state index contributed by atoms with van der Waals surface area (Å²) in [5.41, 5.74) is 11.0. The predicted molar refractivity (Wildman–Crippen MR) is 232 cm³/mol. The third kappa shape index (κ3) is 4.87. The maximum Gasteiger partial charge on any atom is 0.238 e. The number of aromatic nitrogens is 5. The van der Waals surface area contributed by atoms with E-state index in [9.17, 15) is 0 Å². The summed E-state index contributed by atoms with van der Waals surface area (Å²) in [7, 11) is 0. The second-order valence-electron chi connectivity index (χ2n) is 14.4. The molecule has 0 saturated heterocycles. The Balaban J connectivity index is 1.07. The molecule has 12 rings (SSSR count). The van der Waals surface area contributed by atoms with Crippen molar-refractivity contribution in [3.63, 3.8) is 0 Å². The van der Waals surface area contributed by atoms with Gasteiger partial charge in [-0.15, -0.1) is 0 Å². The molecule has 0 amide bonds. The first-order valence-electron chi connectivity index (χ1n) is 19.1. The Morgan fingerprint density at radius 1 is 0.351 bits per heavy atom. The van der Waals surface area contributed by atoms with E-state index in [1.165, 1.54) is 21.8 Å². The zero-order valence-electron chi connectivity index (χ0n) is 30.5. The predicted octanol–water partition coefficient (Wildman–Crippen LogP) is 13.0. The summed E-state index contributed by atoms with van der Waals surface area (Å²) in [6.45, 7) is 0. The Labute approximate surface area is 326 Å². The van der Waals surface area contributed by atoms with Crippen LogP contribution in [0.25, 0.3) is 111 Å². The average Bonchev–Trinajstić information content (AvgIpc) is 3.94. The van der Waals surface area contributed by atoms with Crippen molar-refractivity contribution >= 4 is 65.6 Å². The van der Waals surface area contributed by atoms with Crippen LogP contribution in [-0.4, -0.2) is 24.1 Å². The molecular formula is C51H31N5O. The van der Waals surface area contributed by atoms with Crippen LogP contribution in [0.2, 0.25) is 0 Å². The second kappa shape index (κ2) is 12.3. The monoisotopic (exact) mass is 729 g/mol. The van der Waals surface area contributed by atoms with E-state index in [4.69, 9.17) is 19.4 Å². The zero-order chi connectivity index (χ0) is 37.5. The molecule has 0 radical (unpaired) electrons. The molecule has 57 heavy (non-hydrogen) atoms. The van der Waals surface area contributed by atoms with Crippen molar-refractivity contribution < 1.29 is 4.42 Å². The summed E-state index contributed by atoms with van der Waals surface area (Å²) >= 11 is 0. The molecule has 0 fully saturated rings. The van der Waals surface area contributed by atoms with Crippen LogP contribution >= 0.6 is 0 Å². The zero-order valence-corrected chi connectivity index (χ0v) is 30.5. The highest BCUT2D eigenvalue weighted by atomic mass is 16.3. The minimum atomic E-state index is 0.538. The van der Waals surface area contributed by atoms with Crippen molar-refractivity contribution in [3.8, 4) is 45.5 Å². The lowest BCUT2D eigenvalue weighted by Crippen LogP contribution is -2.06. The summed E-state index contributed by atoms with van der Waals surface area (Å²) in [5.74, 6) is 1.66. The minimum absolute atomic E-state index is 0.538. The van der Waals surface area contributed by atoms with Crippen LogP contribution < -0.4 is 0 Å². The van der Waals surface area contributed by atoms with Gasteiger partial charge in [0.05, 0.1) is 27.6 Å². The maximum absolute atomic E-state index is 6.75. The molecule has 0 atom stereocenters. The quantitative estimate of drug-likeness (QED) is 0.177. The van der Waals surface area contributed by atoms with E-state index < -0.39 is 0 Å². The largest absolute Gasteiger partial charge is 0.455 e. The molecular weight excluding hydrogens is 699 g/mol. The van der Waals surface area contributed by atoms with Crippen LogP contribution in [0.3, 0.4) is 0 Å². The van der Waals surface area contributed by atoms with Gasteiger partial charge >= 0.3 is 0 Å². The highest BCUT2D eigenvalue weighted by Crippen LogP contribution is 2.39. The van der Waals surface area contributed by atoms with Crippen molar-refractivity contribution in [2.45, 2.75) is 0 Å². The topological polar surface area (TPSA) is 61.7 Å². The molecule has 6 heteroatoms. The number of para-hydroxylation sites is 5. The van der Waals surface area contributed by atoms with Crippen molar-refractivity contribution in [1.29, 1.82) is 0 Å². The van der Waals surface area contributed by atoms with Gasteiger partial charge in [-0.2, -0.15) is 9.97 Å². The molecule has 0 aliphatic carbocycles. The number of rotatable bonds is 5. The highest BCUT2D eigenvalue weighted by molar-refractivity contribution is 6.12. The maximum atomic E-state index is 6.75. The average molecular weight is 730 g/mol. The summed E-state index contributed by atoms with van der Waals surface area (Å²) < 4.78 is 11.2. The lowest BCUT2D eigenvalue weighted by Gasteiger charge is -2.11. The molecule has 12 aromatic rings. The van der Waals surface area contributed by atoms with E-state index in [1.807, 2.05) is 12.1 Å². The Bertz CT molecular complexity index is 3410. The lowest BCUT2D eigenvalue weighted by atomic mass is 10.0. The fraction of sp³-hybridized carbons (Fsp3) is 0. The number of furan rings is 1. The number of fused-ring (bicyclic) bond motifs is 9. The van der Waals surface area contributed by atoms with E-state index in [-0.39, 0.29) is 0 Å². The van der Waals surface area contributed by atoms with Crippen LogP contribution in [0.5, 0.6) is 0 Å². The molecule has 6 nitrogen and oxygen atoms in total. The molecule has 0 bridgehead atoms. The van der Waals surface area contributed by atoms with Gasteiger partial charge in [-0.3, -0.25) is 4.57 Å². The highest BCUT2D eigenvalue weighted by Gasteiger charge is 2.21. The number of nitrogens with zero attached hydrogens (tertiary/aromatic N) is 5. The van der Waals surface area contributed by atoms with Crippen molar-refractivity contribution in [2.75, 3.05) is 0 Å². The fourth-order valence-electron chi connectivity index (χ4n) is 8.60. The molecule has 0 N–H and O–H groups in total. The first kappa shape index (κ1) is 31.5. The van der Waals surface area contributed by atoms with Gasteiger partial charge in [-0.25, -0.2) is 4.98 Å². The number of hydrogen-bond donors (Lipinski definition) is 0. The lowest BCUT2D eigenvalue weighted by molar-refractivity contribution is 0.669. The third-order valence-electron chi connectivity index (χ3n) is 11.2. The molecule has 0 aliphatic heterocycles. The molecule has 0 saturated carbocycles. The second-order valence-corrected chi connectivity index (χ2v) is 14.4. The van der Waals surface area contributed by atoms with Gasteiger partial charge in [0, 0.05) is 43.6 Å². The Morgan fingerprint density at radius 3 is 1.49 bits per heavy atom. The van der Waals surface area contributed by atoms with E-state index >= 15 is 0 Å². The van der Waals surface area contributed by atoms with Crippen LogP contribution in [-0.2, 0) is 0 Å². The summed E-state index contributed by atoms with van der Waals surface area (Å²) in [5, 5.41) is 6.76. The fourth-order valence-corrected chi connectivity index (χ4v) is 8.60. The minimum Gasteiger partial charge on any atom is -0.455 e. The first-order valence-corrected chi connectivity index (χ1v) is 19.1. The Morgan fingerprint density at radius 2 is 0.860 bits per heavy atom. The van der Waals surface area contributed by atoms with E-state index in [1.54, 1.807) is 0 Å². The van der Waals surface area contributed by atoms with Crippen molar-refractivity contribution in [1.82, 2.24) is 24.1 Å². The van der Waals surface area contributed by atoms with Gasteiger partial charge in [0.2, 0.25) is 5.95 Å². The van der Waals surface area contributed by atoms with Gasteiger partial charge in [-0.05, 0) is 59.7 Å². The first-order chi connectivity index (χ1) is 28.3. The van der Waals surface area contributed by atoms with Crippen LogP contribution in [0.1, 0.15) is 0 Å². The normalized spacial score (nSPS) is 11.9. The molecule has 4 aromatic heterocycles. The van der Waals surface area contributed by atoms with Crippen molar-refractivity contribution in [2.24, 2.45) is 0 Å². The summed E-state index contributed by atoms with van der Waals surface area (Å²) in [6, 6.07) is 65.5. The SMILES string of the molecule is c1ccc(-c2ccc(-c3nc(-c4cccc5c4oc4ccc(-n6c7ccccc7c7ccccc76)cc45)nc(-n4c5ccccc5c5ccccc54)n3)cc2)cc1. The van der Waals surface area contributed by atoms with Crippen LogP contribution in [0.15, 0.2) is 192 Å².